The molecule has 4 heteroatoms. The number of thioether (sulfide) groups is 1. The van der Waals surface area contributed by atoms with E-state index in [2.05, 4.69) is 28.3 Å². The van der Waals surface area contributed by atoms with Crippen LogP contribution in [-0.2, 0) is 6.42 Å². The van der Waals surface area contributed by atoms with Gasteiger partial charge in [-0.05, 0) is 12.8 Å². The molecule has 0 radical (unpaired) electrons. The summed E-state index contributed by atoms with van der Waals surface area (Å²) in [6.07, 6.45) is 6.33. The first kappa shape index (κ1) is 11.7. The van der Waals surface area contributed by atoms with Crippen molar-refractivity contribution in [2.75, 3.05) is 12.4 Å². The summed E-state index contributed by atoms with van der Waals surface area (Å²) in [5.41, 5.74) is 0. The lowest BCUT2D eigenvalue weighted by Crippen LogP contribution is -2.02. The average Bonchev–Trinajstić information content (AvgIpc) is 2.81. The van der Waals surface area contributed by atoms with Gasteiger partial charge in [0.05, 0.1) is 0 Å². The van der Waals surface area contributed by atoms with Gasteiger partial charge < -0.3 is 5.32 Å². The SMILES string of the molecule is CCc1nc(NC)cc(SC2CCCC2)n1. The Kier molecular flexibility index (Phi) is 4.04. The molecule has 0 saturated heterocycles. The number of rotatable bonds is 4. The Morgan fingerprint density at radius 3 is 2.75 bits per heavy atom. The van der Waals surface area contributed by atoms with E-state index in [1.165, 1.54) is 25.7 Å². The van der Waals surface area contributed by atoms with Gasteiger partial charge in [-0.15, -0.1) is 11.8 Å². The largest absolute Gasteiger partial charge is 0.373 e. The Labute approximate surface area is 101 Å². The number of nitrogens with one attached hydrogen (secondary N) is 1. The van der Waals surface area contributed by atoms with Gasteiger partial charge in [-0.1, -0.05) is 19.8 Å². The lowest BCUT2D eigenvalue weighted by atomic mass is 10.4. The predicted octanol–water partition coefficient (Wildman–Crippen LogP) is 3.12. The number of aryl methyl sites for hydroxylation is 1. The molecule has 16 heavy (non-hydrogen) atoms. The van der Waals surface area contributed by atoms with Crippen LogP contribution in [0, 0.1) is 0 Å². The second-order valence-electron chi connectivity index (χ2n) is 4.14. The van der Waals surface area contributed by atoms with Gasteiger partial charge >= 0.3 is 0 Å². The lowest BCUT2D eigenvalue weighted by Gasteiger charge is -2.10. The first-order valence-electron chi connectivity index (χ1n) is 6.04. The van der Waals surface area contributed by atoms with Crippen molar-refractivity contribution >= 4 is 17.6 Å². The molecule has 1 saturated carbocycles. The fourth-order valence-corrected chi connectivity index (χ4v) is 3.24. The fourth-order valence-electron chi connectivity index (χ4n) is 2.00. The molecule has 88 valence electrons. The molecule has 1 aromatic heterocycles. The summed E-state index contributed by atoms with van der Waals surface area (Å²) in [6.45, 7) is 2.10. The maximum absolute atomic E-state index is 4.58. The number of hydrogen-bond acceptors (Lipinski definition) is 4. The van der Waals surface area contributed by atoms with Crippen LogP contribution in [-0.4, -0.2) is 22.3 Å². The zero-order chi connectivity index (χ0) is 11.4. The van der Waals surface area contributed by atoms with Crippen molar-refractivity contribution < 1.29 is 0 Å². The average molecular weight is 237 g/mol. The van der Waals surface area contributed by atoms with Crippen molar-refractivity contribution in [1.29, 1.82) is 0 Å². The molecule has 0 bridgehead atoms. The molecule has 1 N–H and O–H groups in total. The minimum absolute atomic E-state index is 0.768. The summed E-state index contributed by atoms with van der Waals surface area (Å²) in [6, 6.07) is 2.06. The van der Waals surface area contributed by atoms with Gasteiger partial charge in [-0.25, -0.2) is 9.97 Å². The molecular weight excluding hydrogens is 218 g/mol. The number of aromatic nitrogens is 2. The molecule has 2 rings (SSSR count). The Hall–Kier alpha value is -0.770. The maximum Gasteiger partial charge on any atom is 0.131 e. The van der Waals surface area contributed by atoms with Crippen molar-refractivity contribution in [1.82, 2.24) is 9.97 Å². The van der Waals surface area contributed by atoms with E-state index in [9.17, 15) is 0 Å². The van der Waals surface area contributed by atoms with Gasteiger partial charge in [-0.3, -0.25) is 0 Å². The van der Waals surface area contributed by atoms with E-state index in [4.69, 9.17) is 0 Å². The Balaban J connectivity index is 2.12. The van der Waals surface area contributed by atoms with Crippen LogP contribution in [0.4, 0.5) is 5.82 Å². The Morgan fingerprint density at radius 2 is 2.12 bits per heavy atom. The van der Waals surface area contributed by atoms with Crippen LogP contribution in [0.25, 0.3) is 0 Å². The van der Waals surface area contributed by atoms with Crippen molar-refractivity contribution in [2.45, 2.75) is 49.3 Å². The zero-order valence-corrected chi connectivity index (χ0v) is 10.8. The van der Waals surface area contributed by atoms with Crippen molar-refractivity contribution in [3.05, 3.63) is 11.9 Å². The molecular formula is C12H19N3S. The van der Waals surface area contributed by atoms with Gasteiger partial charge in [0.15, 0.2) is 0 Å². The van der Waals surface area contributed by atoms with Crippen LogP contribution in [0.1, 0.15) is 38.4 Å². The minimum atomic E-state index is 0.768. The smallest absolute Gasteiger partial charge is 0.131 e. The summed E-state index contributed by atoms with van der Waals surface area (Å²) >= 11 is 1.92. The predicted molar refractivity (Wildman–Crippen MR) is 69.1 cm³/mol. The molecule has 1 aromatic rings. The second kappa shape index (κ2) is 5.53. The van der Waals surface area contributed by atoms with Crippen LogP contribution in [0.2, 0.25) is 0 Å². The minimum Gasteiger partial charge on any atom is -0.373 e. The number of nitrogens with zero attached hydrogens (tertiary/aromatic N) is 2. The lowest BCUT2D eigenvalue weighted by molar-refractivity contribution is 0.871. The molecule has 1 heterocycles. The van der Waals surface area contributed by atoms with Gasteiger partial charge in [0.1, 0.15) is 16.7 Å². The molecule has 0 aliphatic heterocycles. The third-order valence-corrected chi connectivity index (χ3v) is 4.17. The van der Waals surface area contributed by atoms with Crippen LogP contribution < -0.4 is 5.32 Å². The van der Waals surface area contributed by atoms with Crippen molar-refractivity contribution in [2.24, 2.45) is 0 Å². The molecule has 0 unspecified atom stereocenters. The van der Waals surface area contributed by atoms with Crippen molar-refractivity contribution in [3.63, 3.8) is 0 Å². The van der Waals surface area contributed by atoms with E-state index in [0.29, 0.717) is 0 Å². The van der Waals surface area contributed by atoms with Crippen LogP contribution in [0.5, 0.6) is 0 Å². The highest BCUT2D eigenvalue weighted by molar-refractivity contribution is 7.99. The van der Waals surface area contributed by atoms with Crippen LogP contribution in [0.15, 0.2) is 11.1 Å². The Bertz CT molecular complexity index is 326. The van der Waals surface area contributed by atoms with E-state index in [0.717, 1.165) is 28.3 Å². The molecule has 0 atom stereocenters. The monoisotopic (exact) mass is 237 g/mol. The molecule has 1 fully saturated rings. The van der Waals surface area contributed by atoms with E-state index >= 15 is 0 Å². The van der Waals surface area contributed by atoms with Gasteiger partial charge in [0.2, 0.25) is 0 Å². The van der Waals surface area contributed by atoms with Gasteiger partial charge in [0.25, 0.3) is 0 Å². The van der Waals surface area contributed by atoms with Gasteiger partial charge in [-0.2, -0.15) is 0 Å². The van der Waals surface area contributed by atoms with Crippen LogP contribution >= 0.6 is 11.8 Å². The van der Waals surface area contributed by atoms with Crippen LogP contribution in [0.3, 0.4) is 0 Å². The molecule has 1 aliphatic rings. The molecule has 0 aromatic carbocycles. The topological polar surface area (TPSA) is 37.8 Å². The van der Waals surface area contributed by atoms with E-state index in [-0.39, 0.29) is 0 Å². The zero-order valence-electron chi connectivity index (χ0n) is 9.99. The summed E-state index contributed by atoms with van der Waals surface area (Å²) in [5.74, 6) is 1.87. The quantitative estimate of drug-likeness (QED) is 0.817. The number of hydrogen-bond donors (Lipinski definition) is 1. The summed E-state index contributed by atoms with van der Waals surface area (Å²) in [7, 11) is 1.91. The molecule has 0 spiro atoms. The molecule has 0 amide bonds. The first-order valence-corrected chi connectivity index (χ1v) is 6.92. The summed E-state index contributed by atoms with van der Waals surface area (Å²) in [5, 5.41) is 5.00. The number of anilines is 1. The molecule has 1 aliphatic carbocycles. The standard InChI is InChI=1S/C12H19N3S/c1-3-10-14-11(13-2)8-12(15-10)16-9-6-4-5-7-9/h8-9H,3-7H2,1-2H3,(H,13,14,15). The summed E-state index contributed by atoms with van der Waals surface area (Å²) in [4.78, 5) is 8.98. The molecule has 3 nitrogen and oxygen atoms in total. The van der Waals surface area contributed by atoms with Gasteiger partial charge in [0, 0.05) is 24.8 Å². The third-order valence-electron chi connectivity index (χ3n) is 2.91. The first-order chi connectivity index (χ1) is 7.81. The van der Waals surface area contributed by atoms with E-state index in [1.54, 1.807) is 0 Å². The van der Waals surface area contributed by atoms with E-state index in [1.807, 2.05) is 18.8 Å². The second-order valence-corrected chi connectivity index (χ2v) is 5.46. The summed E-state index contributed by atoms with van der Waals surface area (Å²) < 4.78 is 0. The van der Waals surface area contributed by atoms with E-state index < -0.39 is 0 Å². The highest BCUT2D eigenvalue weighted by atomic mass is 32.2. The van der Waals surface area contributed by atoms with Crippen molar-refractivity contribution in [3.8, 4) is 0 Å². The maximum atomic E-state index is 4.58. The highest BCUT2D eigenvalue weighted by Crippen LogP contribution is 2.34. The normalized spacial score (nSPS) is 16.6. The third kappa shape index (κ3) is 2.88. The fraction of sp³-hybridized carbons (Fsp3) is 0.667. The Morgan fingerprint density at radius 1 is 1.38 bits per heavy atom. The highest BCUT2D eigenvalue weighted by Gasteiger charge is 2.17.